The van der Waals surface area contributed by atoms with E-state index >= 15 is 0 Å². The fraction of sp³-hybridized carbons (Fsp3) is 0.333. The van der Waals surface area contributed by atoms with Crippen LogP contribution in [0.4, 0.5) is 8.78 Å². The van der Waals surface area contributed by atoms with Gasteiger partial charge in [-0.05, 0) is 53.9 Å². The highest BCUT2D eigenvalue weighted by atomic mass is 32.1. The fourth-order valence-corrected chi connectivity index (χ4v) is 2.76. The quantitative estimate of drug-likeness (QED) is 0.832. The van der Waals surface area contributed by atoms with E-state index in [1.165, 1.54) is 18.2 Å². The fourth-order valence-electron chi connectivity index (χ4n) is 2.08. The molecule has 4 heteroatoms. The summed E-state index contributed by atoms with van der Waals surface area (Å²) in [6, 6.07) is 5.69. The van der Waals surface area contributed by atoms with Crippen molar-refractivity contribution in [3.63, 3.8) is 0 Å². The summed E-state index contributed by atoms with van der Waals surface area (Å²) in [5.41, 5.74) is 1.24. The zero-order valence-electron chi connectivity index (χ0n) is 10.8. The Labute approximate surface area is 116 Å². The van der Waals surface area contributed by atoms with Gasteiger partial charge in [-0.2, -0.15) is 11.3 Å². The first-order chi connectivity index (χ1) is 9.22. The van der Waals surface area contributed by atoms with Crippen molar-refractivity contribution in [3.05, 3.63) is 57.8 Å². The number of halogens is 2. The van der Waals surface area contributed by atoms with Gasteiger partial charge >= 0.3 is 0 Å². The van der Waals surface area contributed by atoms with Crippen molar-refractivity contribution in [2.75, 3.05) is 6.54 Å². The lowest BCUT2D eigenvalue weighted by molar-refractivity contribution is 0.464. The minimum atomic E-state index is -0.483. The van der Waals surface area contributed by atoms with Gasteiger partial charge < -0.3 is 5.32 Å². The molecule has 0 spiro atoms. The molecule has 2 rings (SSSR count). The highest BCUT2D eigenvalue weighted by Gasteiger charge is 2.19. The Morgan fingerprint density at radius 2 is 1.95 bits per heavy atom. The van der Waals surface area contributed by atoms with Crippen molar-refractivity contribution in [1.82, 2.24) is 5.32 Å². The molecule has 0 fully saturated rings. The number of hydrogen-bond donors (Lipinski definition) is 1. The molecule has 1 heterocycles. The maximum atomic E-state index is 13.9. The maximum absolute atomic E-state index is 13.9. The van der Waals surface area contributed by atoms with Gasteiger partial charge in [0.1, 0.15) is 11.6 Å². The molecule has 2 aromatic rings. The summed E-state index contributed by atoms with van der Waals surface area (Å²) in [6.07, 6.45) is 1.53. The van der Waals surface area contributed by atoms with E-state index in [9.17, 15) is 8.78 Å². The lowest BCUT2D eigenvalue weighted by atomic mass is 9.99. The van der Waals surface area contributed by atoms with Crippen molar-refractivity contribution in [2.45, 2.75) is 25.8 Å². The van der Waals surface area contributed by atoms with Gasteiger partial charge in [-0.25, -0.2) is 8.78 Å². The predicted octanol–water partition coefficient (Wildman–Crippen LogP) is 4.31. The van der Waals surface area contributed by atoms with Crippen molar-refractivity contribution in [1.29, 1.82) is 0 Å². The average Bonchev–Trinajstić information content (AvgIpc) is 2.88. The van der Waals surface area contributed by atoms with Gasteiger partial charge in [0.2, 0.25) is 0 Å². The number of nitrogens with one attached hydrogen (secondary N) is 1. The van der Waals surface area contributed by atoms with Gasteiger partial charge in [-0.1, -0.05) is 13.0 Å². The molecule has 0 aliphatic heterocycles. The van der Waals surface area contributed by atoms with Crippen LogP contribution in [0, 0.1) is 11.6 Å². The third-order valence-corrected chi connectivity index (χ3v) is 3.74. The summed E-state index contributed by atoms with van der Waals surface area (Å²) < 4.78 is 27.8. The Balaban J connectivity index is 2.26. The number of rotatable bonds is 6. The third kappa shape index (κ3) is 3.61. The molecule has 1 atom stereocenters. The minimum absolute atomic E-state index is 0.141. The first-order valence-corrected chi connectivity index (χ1v) is 7.35. The molecule has 1 unspecified atom stereocenters. The lowest BCUT2D eigenvalue weighted by Crippen LogP contribution is -2.26. The summed E-state index contributed by atoms with van der Waals surface area (Å²) in [5.74, 6) is -0.965. The minimum Gasteiger partial charge on any atom is -0.309 e. The van der Waals surface area contributed by atoms with Crippen molar-refractivity contribution >= 4 is 11.3 Å². The molecule has 0 saturated carbocycles. The Morgan fingerprint density at radius 3 is 2.53 bits per heavy atom. The number of hydrogen-bond acceptors (Lipinski definition) is 2. The molecule has 1 aromatic heterocycles. The molecule has 19 heavy (non-hydrogen) atoms. The third-order valence-electron chi connectivity index (χ3n) is 3.01. The molecule has 0 radical (unpaired) electrons. The topological polar surface area (TPSA) is 12.0 Å². The van der Waals surface area contributed by atoms with Crippen LogP contribution < -0.4 is 5.32 Å². The molecule has 102 valence electrons. The average molecular weight is 281 g/mol. The van der Waals surface area contributed by atoms with Crippen molar-refractivity contribution < 1.29 is 8.78 Å². The first-order valence-electron chi connectivity index (χ1n) is 6.40. The summed E-state index contributed by atoms with van der Waals surface area (Å²) in [6.45, 7) is 2.77. The maximum Gasteiger partial charge on any atom is 0.130 e. The second-order valence-corrected chi connectivity index (χ2v) is 5.26. The zero-order chi connectivity index (χ0) is 13.7. The van der Waals surface area contributed by atoms with E-state index in [-0.39, 0.29) is 11.6 Å². The van der Waals surface area contributed by atoms with Crippen LogP contribution in [0.2, 0.25) is 0 Å². The number of thiophene rings is 1. The van der Waals surface area contributed by atoms with Crippen LogP contribution in [0.5, 0.6) is 0 Å². The van der Waals surface area contributed by atoms with Crippen LogP contribution in [0.25, 0.3) is 0 Å². The van der Waals surface area contributed by atoms with Crippen LogP contribution in [-0.4, -0.2) is 6.54 Å². The van der Waals surface area contributed by atoms with E-state index in [0.717, 1.165) is 18.5 Å². The molecule has 0 aliphatic rings. The van der Waals surface area contributed by atoms with Gasteiger partial charge in [0.25, 0.3) is 0 Å². The van der Waals surface area contributed by atoms with E-state index in [1.807, 2.05) is 23.8 Å². The van der Waals surface area contributed by atoms with Crippen LogP contribution in [-0.2, 0) is 6.42 Å². The highest BCUT2D eigenvalue weighted by Crippen LogP contribution is 2.25. The molecule has 1 aromatic carbocycles. The van der Waals surface area contributed by atoms with Crippen LogP contribution >= 0.6 is 11.3 Å². The zero-order valence-corrected chi connectivity index (χ0v) is 11.6. The predicted molar refractivity (Wildman–Crippen MR) is 75.4 cm³/mol. The molecular formula is C15H17F2NS. The smallest absolute Gasteiger partial charge is 0.130 e. The molecule has 0 saturated heterocycles. The monoisotopic (exact) mass is 281 g/mol. The summed E-state index contributed by atoms with van der Waals surface area (Å²) in [7, 11) is 0. The molecule has 0 amide bonds. The summed E-state index contributed by atoms with van der Waals surface area (Å²) in [4.78, 5) is 0. The van der Waals surface area contributed by atoms with Crippen molar-refractivity contribution in [2.24, 2.45) is 0 Å². The van der Waals surface area contributed by atoms with Crippen molar-refractivity contribution in [3.8, 4) is 0 Å². The van der Waals surface area contributed by atoms with Gasteiger partial charge in [0.05, 0.1) is 0 Å². The van der Waals surface area contributed by atoms with Crippen LogP contribution in [0.3, 0.4) is 0 Å². The van der Waals surface area contributed by atoms with E-state index in [0.29, 0.717) is 6.42 Å². The van der Waals surface area contributed by atoms with Gasteiger partial charge in [0.15, 0.2) is 0 Å². The number of benzene rings is 1. The molecule has 1 nitrogen and oxygen atoms in total. The van der Waals surface area contributed by atoms with Crippen LogP contribution in [0.15, 0.2) is 35.0 Å². The Morgan fingerprint density at radius 1 is 1.21 bits per heavy atom. The SMILES string of the molecule is CCCNC(Cc1ccsc1)c1c(F)cccc1F. The lowest BCUT2D eigenvalue weighted by Gasteiger charge is -2.19. The summed E-state index contributed by atoms with van der Waals surface area (Å²) >= 11 is 1.59. The second kappa shape index (κ2) is 6.78. The van der Waals surface area contributed by atoms with E-state index in [1.54, 1.807) is 11.3 Å². The molecule has 0 aliphatic carbocycles. The van der Waals surface area contributed by atoms with E-state index in [4.69, 9.17) is 0 Å². The van der Waals surface area contributed by atoms with Crippen LogP contribution in [0.1, 0.15) is 30.5 Å². The van der Waals surface area contributed by atoms with Gasteiger partial charge in [-0.15, -0.1) is 0 Å². The Hall–Kier alpha value is -1.26. The van der Waals surface area contributed by atoms with Gasteiger partial charge in [-0.3, -0.25) is 0 Å². The van der Waals surface area contributed by atoms with E-state index in [2.05, 4.69) is 5.32 Å². The summed E-state index contributed by atoms with van der Waals surface area (Å²) in [5, 5.41) is 7.22. The standard InChI is InChI=1S/C15H17F2NS/c1-2-7-18-14(9-11-6-8-19-10-11)15-12(16)4-3-5-13(15)17/h3-6,8,10,14,18H,2,7,9H2,1H3. The first kappa shape index (κ1) is 14.2. The molecule has 0 bridgehead atoms. The van der Waals surface area contributed by atoms with Gasteiger partial charge in [0, 0.05) is 11.6 Å². The second-order valence-electron chi connectivity index (χ2n) is 4.48. The Bertz CT molecular complexity index is 491. The molecular weight excluding hydrogens is 264 g/mol. The largest absolute Gasteiger partial charge is 0.309 e. The normalized spacial score (nSPS) is 12.6. The Kier molecular flexibility index (Phi) is 5.05. The molecule has 1 N–H and O–H groups in total. The highest BCUT2D eigenvalue weighted by molar-refractivity contribution is 7.07. The van der Waals surface area contributed by atoms with E-state index < -0.39 is 11.6 Å².